The number of hydrogen-bond donors (Lipinski definition) is 1. The lowest BCUT2D eigenvalue weighted by Gasteiger charge is -2.38. The van der Waals surface area contributed by atoms with Crippen molar-refractivity contribution in [2.24, 2.45) is 5.92 Å². The zero-order valence-electron chi connectivity index (χ0n) is 14.1. The van der Waals surface area contributed by atoms with Crippen molar-refractivity contribution in [3.05, 3.63) is 63.7 Å². The van der Waals surface area contributed by atoms with Gasteiger partial charge in [0.05, 0.1) is 31.0 Å². The number of hydrogen-bond acceptors (Lipinski definition) is 3. The molecule has 1 aliphatic heterocycles. The second kappa shape index (κ2) is 6.47. The monoisotopic (exact) mass is 375 g/mol. The van der Waals surface area contributed by atoms with E-state index in [-0.39, 0.29) is 12.0 Å². The fraction of sp³-hybridized carbons (Fsp3) is 0.300. The maximum atomic E-state index is 6.49. The van der Waals surface area contributed by atoms with Gasteiger partial charge in [-0.15, -0.1) is 0 Å². The van der Waals surface area contributed by atoms with Gasteiger partial charge in [-0.2, -0.15) is 0 Å². The van der Waals surface area contributed by atoms with E-state index in [2.05, 4.69) is 23.5 Å². The highest BCUT2D eigenvalue weighted by Gasteiger charge is 2.40. The van der Waals surface area contributed by atoms with Crippen molar-refractivity contribution in [2.45, 2.75) is 18.4 Å². The lowest BCUT2D eigenvalue weighted by atomic mass is 9.77. The molecular formula is C20H19Cl2NO2. The van der Waals surface area contributed by atoms with Crippen LogP contribution in [0.3, 0.4) is 0 Å². The van der Waals surface area contributed by atoms with Gasteiger partial charge in [0.2, 0.25) is 0 Å². The first-order valence-corrected chi connectivity index (χ1v) is 9.02. The zero-order valence-corrected chi connectivity index (χ0v) is 15.6. The van der Waals surface area contributed by atoms with Crippen LogP contribution in [0.2, 0.25) is 10.0 Å². The SMILES string of the molecule is COc1ccc([C@@H]2Nc3c(Cl)ccc(Cl)c3[C@@H]3C=CC[C@@H]32)cc1OC. The molecule has 0 bridgehead atoms. The molecule has 1 N–H and O–H groups in total. The molecule has 0 aromatic heterocycles. The van der Waals surface area contributed by atoms with Gasteiger partial charge in [-0.3, -0.25) is 0 Å². The normalized spacial score (nSPS) is 23.6. The standard InChI is InChI=1S/C20H19Cl2NO2/c1-24-16-9-6-11(10-17(16)25-2)19-13-5-3-4-12(13)18-14(21)7-8-15(22)20(18)23-19/h3-4,6-10,12-13,19,23H,5H2,1-2H3/t12-,13+,19+/m1/s1. The van der Waals surface area contributed by atoms with Crippen molar-refractivity contribution in [1.29, 1.82) is 0 Å². The summed E-state index contributed by atoms with van der Waals surface area (Å²) in [5.74, 6) is 2.11. The number of benzene rings is 2. The van der Waals surface area contributed by atoms with Crippen LogP contribution in [0.15, 0.2) is 42.5 Å². The Kier molecular flexibility index (Phi) is 4.30. The summed E-state index contributed by atoms with van der Waals surface area (Å²) in [6.07, 6.45) is 5.48. The van der Waals surface area contributed by atoms with Crippen molar-refractivity contribution in [1.82, 2.24) is 0 Å². The number of rotatable bonds is 3. The van der Waals surface area contributed by atoms with E-state index in [1.54, 1.807) is 14.2 Å². The minimum atomic E-state index is 0.128. The second-order valence-electron chi connectivity index (χ2n) is 6.41. The smallest absolute Gasteiger partial charge is 0.161 e. The van der Waals surface area contributed by atoms with Gasteiger partial charge in [-0.25, -0.2) is 0 Å². The Balaban J connectivity index is 1.81. The van der Waals surface area contributed by atoms with Crippen LogP contribution in [0.4, 0.5) is 5.69 Å². The molecule has 3 nitrogen and oxygen atoms in total. The molecule has 2 aliphatic rings. The molecule has 0 unspecified atom stereocenters. The van der Waals surface area contributed by atoms with Gasteiger partial charge in [-0.1, -0.05) is 41.4 Å². The molecule has 130 valence electrons. The third-order valence-electron chi connectivity index (χ3n) is 5.18. The van der Waals surface area contributed by atoms with Crippen molar-refractivity contribution >= 4 is 28.9 Å². The fourth-order valence-corrected chi connectivity index (χ4v) is 4.51. The predicted octanol–water partition coefficient (Wildman–Crippen LogP) is 5.84. The summed E-state index contributed by atoms with van der Waals surface area (Å²) in [5, 5.41) is 5.09. The summed E-state index contributed by atoms with van der Waals surface area (Å²) in [7, 11) is 3.30. The van der Waals surface area contributed by atoms with Crippen LogP contribution in [0.25, 0.3) is 0 Å². The second-order valence-corrected chi connectivity index (χ2v) is 7.22. The Bertz CT molecular complexity index is 850. The van der Waals surface area contributed by atoms with Gasteiger partial charge in [0.15, 0.2) is 11.5 Å². The fourth-order valence-electron chi connectivity index (χ4n) is 4.00. The Morgan fingerprint density at radius 3 is 2.52 bits per heavy atom. The molecule has 2 aromatic rings. The molecule has 2 aromatic carbocycles. The summed E-state index contributed by atoms with van der Waals surface area (Å²) >= 11 is 13.0. The largest absolute Gasteiger partial charge is 0.493 e. The summed E-state index contributed by atoms with van der Waals surface area (Å²) in [5.41, 5.74) is 3.18. The van der Waals surface area contributed by atoms with Gasteiger partial charge in [0, 0.05) is 16.5 Å². The Labute approximate surface area is 157 Å². The molecule has 0 fully saturated rings. The van der Waals surface area contributed by atoms with Crippen LogP contribution in [0.5, 0.6) is 11.5 Å². The molecule has 0 saturated carbocycles. The molecular weight excluding hydrogens is 357 g/mol. The third kappa shape index (κ3) is 2.66. The van der Waals surface area contributed by atoms with Crippen LogP contribution < -0.4 is 14.8 Å². The lowest BCUT2D eigenvalue weighted by Crippen LogP contribution is -2.29. The third-order valence-corrected chi connectivity index (χ3v) is 5.83. The van der Waals surface area contributed by atoms with Gasteiger partial charge in [-0.05, 0) is 42.2 Å². The summed E-state index contributed by atoms with van der Waals surface area (Å²) in [6, 6.07) is 9.92. The number of ether oxygens (including phenoxy) is 2. The number of halogens is 2. The quantitative estimate of drug-likeness (QED) is 0.683. The Morgan fingerprint density at radius 2 is 1.76 bits per heavy atom. The molecule has 5 heteroatoms. The molecule has 25 heavy (non-hydrogen) atoms. The summed E-state index contributed by atoms with van der Waals surface area (Å²) < 4.78 is 10.8. The van der Waals surface area contributed by atoms with E-state index in [0.717, 1.165) is 39.8 Å². The predicted molar refractivity (Wildman–Crippen MR) is 102 cm³/mol. The first kappa shape index (κ1) is 16.6. The minimum Gasteiger partial charge on any atom is -0.493 e. The van der Waals surface area contributed by atoms with E-state index in [1.807, 2.05) is 24.3 Å². The maximum Gasteiger partial charge on any atom is 0.161 e. The molecule has 1 heterocycles. The van der Waals surface area contributed by atoms with Gasteiger partial charge >= 0.3 is 0 Å². The van der Waals surface area contributed by atoms with Crippen LogP contribution in [-0.4, -0.2) is 14.2 Å². The number of methoxy groups -OCH3 is 2. The average Bonchev–Trinajstić information content (AvgIpc) is 3.13. The van der Waals surface area contributed by atoms with E-state index in [4.69, 9.17) is 32.7 Å². The lowest BCUT2D eigenvalue weighted by molar-refractivity contribution is 0.353. The molecule has 0 saturated heterocycles. The molecule has 0 radical (unpaired) electrons. The number of allylic oxidation sites excluding steroid dienone is 2. The summed E-state index contributed by atoms with van der Waals surface area (Å²) in [4.78, 5) is 0. The highest BCUT2D eigenvalue weighted by atomic mass is 35.5. The minimum absolute atomic E-state index is 0.128. The van der Waals surface area contributed by atoms with Crippen LogP contribution in [-0.2, 0) is 0 Å². The van der Waals surface area contributed by atoms with E-state index >= 15 is 0 Å². The van der Waals surface area contributed by atoms with Crippen LogP contribution >= 0.6 is 23.2 Å². The molecule has 1 aliphatic carbocycles. The first-order chi connectivity index (χ1) is 12.1. The Hall–Kier alpha value is -1.84. The van der Waals surface area contributed by atoms with E-state index in [1.165, 1.54) is 0 Å². The van der Waals surface area contributed by atoms with Crippen molar-refractivity contribution in [3.8, 4) is 11.5 Å². The average molecular weight is 376 g/mol. The van der Waals surface area contributed by atoms with Gasteiger partial charge in [0.1, 0.15) is 0 Å². The molecule has 4 rings (SSSR count). The van der Waals surface area contributed by atoms with Gasteiger partial charge < -0.3 is 14.8 Å². The number of nitrogens with one attached hydrogen (secondary N) is 1. The zero-order chi connectivity index (χ0) is 17.6. The van der Waals surface area contributed by atoms with Crippen molar-refractivity contribution in [2.75, 3.05) is 19.5 Å². The van der Waals surface area contributed by atoms with E-state index < -0.39 is 0 Å². The number of anilines is 1. The van der Waals surface area contributed by atoms with Crippen molar-refractivity contribution < 1.29 is 9.47 Å². The summed E-state index contributed by atoms with van der Waals surface area (Å²) in [6.45, 7) is 0. The Morgan fingerprint density at radius 1 is 1.00 bits per heavy atom. The topological polar surface area (TPSA) is 30.5 Å². The maximum absolute atomic E-state index is 6.49. The molecule has 0 spiro atoms. The first-order valence-electron chi connectivity index (χ1n) is 8.27. The van der Waals surface area contributed by atoms with Crippen LogP contribution in [0.1, 0.15) is 29.5 Å². The van der Waals surface area contributed by atoms with Gasteiger partial charge in [0.25, 0.3) is 0 Å². The molecule has 3 atom stereocenters. The highest BCUT2D eigenvalue weighted by molar-refractivity contribution is 6.36. The van der Waals surface area contributed by atoms with Crippen molar-refractivity contribution in [3.63, 3.8) is 0 Å². The highest BCUT2D eigenvalue weighted by Crippen LogP contribution is 2.54. The van der Waals surface area contributed by atoms with E-state index in [9.17, 15) is 0 Å². The molecule has 0 amide bonds. The number of fused-ring (bicyclic) bond motifs is 3. The van der Waals surface area contributed by atoms with Crippen LogP contribution in [0, 0.1) is 5.92 Å². The van der Waals surface area contributed by atoms with E-state index in [0.29, 0.717) is 10.9 Å².